The topological polar surface area (TPSA) is 58.2 Å². The van der Waals surface area contributed by atoms with Gasteiger partial charge in [0.05, 0.1) is 0 Å². The average Bonchev–Trinajstić information content (AvgIpc) is 2.28. The van der Waals surface area contributed by atoms with E-state index in [9.17, 15) is 9.59 Å². The molecule has 2 amide bonds. The molecule has 0 bridgehead atoms. The molecule has 0 aliphatic rings. The molecule has 0 spiro atoms. The SMILES string of the molecule is CCCCNC(=O)c1cccc(NC(C)=O)c1. The molecule has 0 fully saturated rings. The molecule has 0 radical (unpaired) electrons. The number of carbonyl (C=O) groups excluding carboxylic acids is 2. The normalized spacial score (nSPS) is 9.76. The summed E-state index contributed by atoms with van der Waals surface area (Å²) in [5.74, 6) is -0.251. The van der Waals surface area contributed by atoms with Crippen LogP contribution >= 0.6 is 0 Å². The molecular weight excluding hydrogens is 216 g/mol. The number of unbranched alkanes of at least 4 members (excludes halogenated alkanes) is 1. The summed E-state index contributed by atoms with van der Waals surface area (Å²) in [7, 11) is 0. The molecule has 1 aromatic carbocycles. The van der Waals surface area contributed by atoms with Gasteiger partial charge < -0.3 is 10.6 Å². The lowest BCUT2D eigenvalue weighted by Gasteiger charge is -2.06. The van der Waals surface area contributed by atoms with E-state index >= 15 is 0 Å². The Morgan fingerprint density at radius 2 is 2.06 bits per heavy atom. The van der Waals surface area contributed by atoms with Gasteiger partial charge in [0.2, 0.25) is 5.91 Å². The van der Waals surface area contributed by atoms with Gasteiger partial charge in [-0.25, -0.2) is 0 Å². The zero-order valence-corrected chi connectivity index (χ0v) is 10.2. The predicted octanol–water partition coefficient (Wildman–Crippen LogP) is 2.17. The highest BCUT2D eigenvalue weighted by Gasteiger charge is 2.05. The van der Waals surface area contributed by atoms with Crippen molar-refractivity contribution < 1.29 is 9.59 Å². The van der Waals surface area contributed by atoms with Crippen molar-refractivity contribution in [1.29, 1.82) is 0 Å². The lowest BCUT2D eigenvalue weighted by Crippen LogP contribution is -2.24. The summed E-state index contributed by atoms with van der Waals surface area (Å²) in [5.41, 5.74) is 1.20. The largest absolute Gasteiger partial charge is 0.352 e. The molecule has 0 heterocycles. The first-order chi connectivity index (χ1) is 8.13. The highest BCUT2D eigenvalue weighted by atomic mass is 16.2. The third kappa shape index (κ3) is 4.68. The van der Waals surface area contributed by atoms with Gasteiger partial charge in [-0.1, -0.05) is 19.4 Å². The lowest BCUT2D eigenvalue weighted by molar-refractivity contribution is -0.114. The maximum Gasteiger partial charge on any atom is 0.251 e. The van der Waals surface area contributed by atoms with Crippen LogP contribution in [0.2, 0.25) is 0 Å². The molecule has 92 valence electrons. The number of amides is 2. The summed E-state index contributed by atoms with van der Waals surface area (Å²) >= 11 is 0. The van der Waals surface area contributed by atoms with Crippen molar-refractivity contribution in [3.8, 4) is 0 Å². The highest BCUT2D eigenvalue weighted by Crippen LogP contribution is 2.10. The number of benzene rings is 1. The number of hydrogen-bond acceptors (Lipinski definition) is 2. The van der Waals surface area contributed by atoms with Crippen LogP contribution in [0, 0.1) is 0 Å². The number of nitrogens with one attached hydrogen (secondary N) is 2. The summed E-state index contributed by atoms with van der Waals surface area (Å²) in [6, 6.07) is 6.90. The molecule has 2 N–H and O–H groups in total. The minimum absolute atomic E-state index is 0.106. The Morgan fingerprint density at radius 1 is 1.29 bits per heavy atom. The van der Waals surface area contributed by atoms with Gasteiger partial charge in [-0.15, -0.1) is 0 Å². The van der Waals surface area contributed by atoms with E-state index < -0.39 is 0 Å². The van der Waals surface area contributed by atoms with E-state index in [1.54, 1.807) is 24.3 Å². The fourth-order valence-electron chi connectivity index (χ4n) is 1.42. The molecule has 4 nitrogen and oxygen atoms in total. The Balaban J connectivity index is 2.63. The van der Waals surface area contributed by atoms with Gasteiger partial charge >= 0.3 is 0 Å². The number of hydrogen-bond donors (Lipinski definition) is 2. The van der Waals surface area contributed by atoms with E-state index in [1.165, 1.54) is 6.92 Å². The Morgan fingerprint density at radius 3 is 2.71 bits per heavy atom. The highest BCUT2D eigenvalue weighted by molar-refractivity contribution is 5.96. The van der Waals surface area contributed by atoms with E-state index in [2.05, 4.69) is 17.6 Å². The Hall–Kier alpha value is -1.84. The van der Waals surface area contributed by atoms with Crippen LogP contribution in [-0.4, -0.2) is 18.4 Å². The Bertz CT molecular complexity index is 402. The third-order valence-corrected chi connectivity index (χ3v) is 2.26. The van der Waals surface area contributed by atoms with Crippen LogP contribution in [0.15, 0.2) is 24.3 Å². The van der Waals surface area contributed by atoms with Crippen molar-refractivity contribution in [2.45, 2.75) is 26.7 Å². The van der Waals surface area contributed by atoms with Gasteiger partial charge in [0, 0.05) is 24.7 Å². The summed E-state index contributed by atoms with van der Waals surface area (Å²) in [6.07, 6.45) is 2.02. The molecule has 17 heavy (non-hydrogen) atoms. The molecule has 4 heteroatoms. The van der Waals surface area contributed by atoms with Gasteiger partial charge in [0.25, 0.3) is 5.91 Å². The third-order valence-electron chi connectivity index (χ3n) is 2.26. The summed E-state index contributed by atoms with van der Waals surface area (Å²) in [6.45, 7) is 4.19. The Kier molecular flexibility index (Phi) is 5.20. The molecule has 1 rings (SSSR count). The zero-order valence-electron chi connectivity index (χ0n) is 10.2. The molecule has 0 aromatic heterocycles. The fourth-order valence-corrected chi connectivity index (χ4v) is 1.42. The first-order valence-electron chi connectivity index (χ1n) is 5.79. The standard InChI is InChI=1S/C13H18N2O2/c1-3-4-8-14-13(17)11-6-5-7-12(9-11)15-10(2)16/h5-7,9H,3-4,8H2,1-2H3,(H,14,17)(H,15,16). The molecular formula is C13H18N2O2. The van der Waals surface area contributed by atoms with E-state index in [4.69, 9.17) is 0 Å². The smallest absolute Gasteiger partial charge is 0.251 e. The zero-order chi connectivity index (χ0) is 12.7. The first-order valence-corrected chi connectivity index (χ1v) is 5.79. The van der Waals surface area contributed by atoms with E-state index in [-0.39, 0.29) is 11.8 Å². The van der Waals surface area contributed by atoms with Gasteiger partial charge in [-0.2, -0.15) is 0 Å². The van der Waals surface area contributed by atoms with Crippen molar-refractivity contribution in [1.82, 2.24) is 5.32 Å². The second kappa shape index (κ2) is 6.68. The Labute approximate surface area is 101 Å². The van der Waals surface area contributed by atoms with Crippen LogP contribution in [0.3, 0.4) is 0 Å². The molecule has 1 aromatic rings. The lowest BCUT2D eigenvalue weighted by atomic mass is 10.2. The van der Waals surface area contributed by atoms with E-state index in [0.29, 0.717) is 17.8 Å². The molecule has 0 aliphatic carbocycles. The molecule has 0 atom stereocenters. The van der Waals surface area contributed by atoms with Crippen LogP contribution < -0.4 is 10.6 Å². The molecule has 0 unspecified atom stereocenters. The van der Waals surface area contributed by atoms with Gasteiger partial charge in [-0.05, 0) is 24.6 Å². The van der Waals surface area contributed by atoms with Crippen LogP contribution in [0.5, 0.6) is 0 Å². The van der Waals surface area contributed by atoms with Crippen LogP contribution in [0.25, 0.3) is 0 Å². The van der Waals surface area contributed by atoms with Crippen LogP contribution in [-0.2, 0) is 4.79 Å². The van der Waals surface area contributed by atoms with Gasteiger partial charge in [0.15, 0.2) is 0 Å². The van der Waals surface area contributed by atoms with Crippen molar-refractivity contribution in [3.63, 3.8) is 0 Å². The maximum atomic E-state index is 11.7. The summed E-state index contributed by atoms with van der Waals surface area (Å²) in [4.78, 5) is 22.6. The monoisotopic (exact) mass is 234 g/mol. The number of anilines is 1. The summed E-state index contributed by atoms with van der Waals surface area (Å²) in [5, 5.41) is 5.48. The maximum absolute atomic E-state index is 11.7. The van der Waals surface area contributed by atoms with E-state index in [0.717, 1.165) is 12.8 Å². The van der Waals surface area contributed by atoms with Crippen molar-refractivity contribution >= 4 is 17.5 Å². The quantitative estimate of drug-likeness (QED) is 0.767. The van der Waals surface area contributed by atoms with Gasteiger partial charge in [-0.3, -0.25) is 9.59 Å². The summed E-state index contributed by atoms with van der Waals surface area (Å²) < 4.78 is 0. The van der Waals surface area contributed by atoms with Crippen molar-refractivity contribution in [2.24, 2.45) is 0 Å². The average molecular weight is 234 g/mol. The van der Waals surface area contributed by atoms with Crippen LogP contribution in [0.4, 0.5) is 5.69 Å². The minimum atomic E-state index is -0.145. The molecule has 0 saturated carbocycles. The van der Waals surface area contributed by atoms with Crippen molar-refractivity contribution in [2.75, 3.05) is 11.9 Å². The van der Waals surface area contributed by atoms with Crippen LogP contribution in [0.1, 0.15) is 37.0 Å². The second-order valence-corrected chi connectivity index (χ2v) is 3.87. The minimum Gasteiger partial charge on any atom is -0.352 e. The number of carbonyl (C=O) groups is 2. The van der Waals surface area contributed by atoms with Gasteiger partial charge in [0.1, 0.15) is 0 Å². The van der Waals surface area contributed by atoms with E-state index in [1.807, 2.05) is 0 Å². The fraction of sp³-hybridized carbons (Fsp3) is 0.385. The second-order valence-electron chi connectivity index (χ2n) is 3.87. The molecule has 0 aliphatic heterocycles. The first kappa shape index (κ1) is 13.2. The number of rotatable bonds is 5. The van der Waals surface area contributed by atoms with Crippen molar-refractivity contribution in [3.05, 3.63) is 29.8 Å². The predicted molar refractivity (Wildman–Crippen MR) is 68.0 cm³/mol. The molecule has 0 saturated heterocycles.